The molecule has 0 radical (unpaired) electrons. The topological polar surface area (TPSA) is 73.9 Å². The Balaban J connectivity index is 2.96. The van der Waals surface area contributed by atoms with Gasteiger partial charge in [0.25, 0.3) is 0 Å². The average molecular weight is 309 g/mol. The summed E-state index contributed by atoms with van der Waals surface area (Å²) in [7, 11) is 2.76. The van der Waals surface area contributed by atoms with Gasteiger partial charge in [-0.3, -0.25) is 5.32 Å². The number of amides is 1. The minimum absolute atomic E-state index is 0.455. The quantitative estimate of drug-likeness (QED) is 0.864. The summed E-state index contributed by atoms with van der Waals surface area (Å²) >= 11 is 0. The molecule has 1 atom stereocenters. The molecule has 0 fully saturated rings. The van der Waals surface area contributed by atoms with Gasteiger partial charge in [-0.15, -0.1) is 0 Å². The van der Waals surface area contributed by atoms with Crippen LogP contribution in [0.1, 0.15) is 27.7 Å². The van der Waals surface area contributed by atoms with E-state index in [2.05, 4.69) is 5.32 Å². The summed E-state index contributed by atoms with van der Waals surface area (Å²) in [6, 6.07) is 6.91. The van der Waals surface area contributed by atoms with Crippen molar-refractivity contribution >= 4 is 17.7 Å². The van der Waals surface area contributed by atoms with E-state index in [0.717, 1.165) is 0 Å². The molecule has 6 heteroatoms. The van der Waals surface area contributed by atoms with E-state index in [1.54, 1.807) is 45.0 Å². The predicted octanol–water partition coefficient (Wildman–Crippen LogP) is 3.22. The second-order valence-corrected chi connectivity index (χ2v) is 5.99. The Morgan fingerprint density at radius 3 is 2.14 bits per heavy atom. The third-order valence-electron chi connectivity index (χ3n) is 3.65. The first kappa shape index (κ1) is 17.8. The van der Waals surface area contributed by atoms with E-state index in [1.165, 1.54) is 21.1 Å². The second-order valence-electron chi connectivity index (χ2n) is 5.99. The van der Waals surface area contributed by atoms with Gasteiger partial charge >= 0.3 is 12.1 Å². The number of carbonyl (C=O) groups is 2. The fourth-order valence-electron chi connectivity index (χ4n) is 1.76. The van der Waals surface area contributed by atoms with E-state index in [0.29, 0.717) is 11.4 Å². The first-order valence-corrected chi connectivity index (χ1v) is 6.87. The zero-order valence-electron chi connectivity index (χ0n) is 13.9. The number of methoxy groups -OCH3 is 2. The van der Waals surface area contributed by atoms with Gasteiger partial charge < -0.3 is 14.2 Å². The number of ether oxygens (including phenoxy) is 3. The molecular weight excluding hydrogens is 286 g/mol. The summed E-state index contributed by atoms with van der Waals surface area (Å²) in [4.78, 5) is 24.2. The molecule has 0 bridgehead atoms. The van der Waals surface area contributed by atoms with E-state index >= 15 is 0 Å². The highest BCUT2D eigenvalue weighted by atomic mass is 16.6. The third kappa shape index (κ3) is 3.69. The van der Waals surface area contributed by atoms with Crippen molar-refractivity contribution in [1.82, 2.24) is 0 Å². The van der Waals surface area contributed by atoms with Crippen LogP contribution >= 0.6 is 0 Å². The lowest BCUT2D eigenvalue weighted by molar-refractivity contribution is -0.171. The van der Waals surface area contributed by atoms with Crippen LogP contribution in [0.15, 0.2) is 24.3 Å². The van der Waals surface area contributed by atoms with Gasteiger partial charge in [0.1, 0.15) is 5.75 Å². The molecule has 1 rings (SSSR count). The molecule has 0 aliphatic rings. The number of rotatable bonds is 4. The lowest BCUT2D eigenvalue weighted by Gasteiger charge is -2.38. The molecule has 6 nitrogen and oxygen atoms in total. The molecule has 1 amide bonds. The lowest BCUT2D eigenvalue weighted by atomic mass is 9.77. The Hall–Kier alpha value is -2.24. The summed E-state index contributed by atoms with van der Waals surface area (Å²) in [5.74, 6) is -0.120. The maximum absolute atomic E-state index is 12.2. The van der Waals surface area contributed by atoms with Gasteiger partial charge in [-0.2, -0.15) is 0 Å². The summed E-state index contributed by atoms with van der Waals surface area (Å²) in [6.45, 7) is 6.90. The molecule has 0 spiro atoms. The number of para-hydroxylation sites is 2. The van der Waals surface area contributed by atoms with E-state index in [4.69, 9.17) is 14.2 Å². The Kier molecular flexibility index (Phi) is 5.41. The summed E-state index contributed by atoms with van der Waals surface area (Å²) in [5, 5.41) is 2.57. The van der Waals surface area contributed by atoms with Gasteiger partial charge in [-0.05, 0) is 19.1 Å². The van der Waals surface area contributed by atoms with Crippen LogP contribution in [0.4, 0.5) is 10.5 Å². The first-order chi connectivity index (χ1) is 10.2. The number of hydrogen-bond donors (Lipinski definition) is 1. The van der Waals surface area contributed by atoms with Crippen molar-refractivity contribution in [1.29, 1.82) is 0 Å². The SMILES string of the molecule is COC(=O)[C@@](C)(OC(=O)Nc1ccccc1OC)C(C)(C)C. The van der Waals surface area contributed by atoms with Crippen LogP contribution in [-0.4, -0.2) is 31.9 Å². The smallest absolute Gasteiger partial charge is 0.412 e. The molecule has 22 heavy (non-hydrogen) atoms. The highest BCUT2D eigenvalue weighted by Crippen LogP contribution is 2.35. The minimum atomic E-state index is -1.42. The van der Waals surface area contributed by atoms with Crippen molar-refractivity contribution in [2.75, 3.05) is 19.5 Å². The Labute approximate surface area is 130 Å². The monoisotopic (exact) mass is 309 g/mol. The molecule has 1 aromatic carbocycles. The molecule has 0 unspecified atom stereocenters. The predicted molar refractivity (Wildman–Crippen MR) is 83.0 cm³/mol. The van der Waals surface area contributed by atoms with Gasteiger partial charge in [0.2, 0.25) is 5.60 Å². The molecule has 0 saturated heterocycles. The van der Waals surface area contributed by atoms with Crippen LogP contribution < -0.4 is 10.1 Å². The summed E-state index contributed by atoms with van der Waals surface area (Å²) in [6.07, 6.45) is -0.757. The molecule has 1 aromatic rings. The third-order valence-corrected chi connectivity index (χ3v) is 3.65. The Bertz CT molecular complexity index is 550. The maximum atomic E-state index is 12.2. The van der Waals surface area contributed by atoms with Gasteiger partial charge in [-0.25, -0.2) is 9.59 Å². The minimum Gasteiger partial charge on any atom is -0.495 e. The number of anilines is 1. The number of carbonyl (C=O) groups excluding carboxylic acids is 2. The molecule has 0 aliphatic heterocycles. The number of hydrogen-bond acceptors (Lipinski definition) is 5. The molecule has 0 aliphatic carbocycles. The van der Waals surface area contributed by atoms with Crippen LogP contribution in [0.3, 0.4) is 0 Å². The highest BCUT2D eigenvalue weighted by Gasteiger charge is 2.49. The van der Waals surface area contributed by atoms with Gasteiger partial charge in [-0.1, -0.05) is 32.9 Å². The molecule has 0 saturated carbocycles. The van der Waals surface area contributed by atoms with Crippen molar-refractivity contribution in [2.24, 2.45) is 5.41 Å². The van der Waals surface area contributed by atoms with Crippen molar-refractivity contribution in [3.63, 3.8) is 0 Å². The molecule has 122 valence electrons. The fourth-order valence-corrected chi connectivity index (χ4v) is 1.76. The van der Waals surface area contributed by atoms with Crippen molar-refractivity contribution in [2.45, 2.75) is 33.3 Å². The van der Waals surface area contributed by atoms with E-state index in [9.17, 15) is 9.59 Å². The van der Waals surface area contributed by atoms with Crippen molar-refractivity contribution < 1.29 is 23.8 Å². The second kappa shape index (κ2) is 6.68. The fraction of sp³-hybridized carbons (Fsp3) is 0.500. The molecular formula is C16H23NO5. The van der Waals surface area contributed by atoms with Crippen LogP contribution in [-0.2, 0) is 14.3 Å². The van der Waals surface area contributed by atoms with Crippen LogP contribution in [0.5, 0.6) is 5.75 Å². The van der Waals surface area contributed by atoms with E-state index in [-0.39, 0.29) is 0 Å². The average Bonchev–Trinajstić information content (AvgIpc) is 2.45. The Morgan fingerprint density at radius 1 is 1.05 bits per heavy atom. The van der Waals surface area contributed by atoms with Crippen molar-refractivity contribution in [3.8, 4) is 5.75 Å². The number of benzene rings is 1. The lowest BCUT2D eigenvalue weighted by Crippen LogP contribution is -2.52. The zero-order valence-corrected chi connectivity index (χ0v) is 13.9. The Morgan fingerprint density at radius 2 is 1.64 bits per heavy atom. The standard InChI is InChI=1S/C16H23NO5/c1-15(2,3)16(4,13(18)21-6)22-14(19)17-11-9-7-8-10-12(11)20-5/h7-10H,1-6H3,(H,17,19)/t16-/m1/s1. The molecule has 0 heterocycles. The number of nitrogens with one attached hydrogen (secondary N) is 1. The highest BCUT2D eigenvalue weighted by molar-refractivity contribution is 5.90. The largest absolute Gasteiger partial charge is 0.495 e. The zero-order chi connectivity index (χ0) is 17.0. The van der Waals surface area contributed by atoms with Gasteiger partial charge in [0.05, 0.1) is 19.9 Å². The van der Waals surface area contributed by atoms with Gasteiger partial charge in [0, 0.05) is 5.41 Å². The molecule has 0 aromatic heterocycles. The van der Waals surface area contributed by atoms with E-state index < -0.39 is 23.1 Å². The van der Waals surface area contributed by atoms with Crippen molar-refractivity contribution in [3.05, 3.63) is 24.3 Å². The van der Waals surface area contributed by atoms with Crippen LogP contribution in [0, 0.1) is 5.41 Å². The first-order valence-electron chi connectivity index (χ1n) is 6.87. The molecule has 1 N–H and O–H groups in total. The van der Waals surface area contributed by atoms with E-state index in [1.807, 2.05) is 0 Å². The normalized spacial score (nSPS) is 13.7. The van der Waals surface area contributed by atoms with Crippen LogP contribution in [0.2, 0.25) is 0 Å². The number of esters is 1. The van der Waals surface area contributed by atoms with Crippen LogP contribution in [0.25, 0.3) is 0 Å². The summed E-state index contributed by atoms with van der Waals surface area (Å²) in [5.41, 5.74) is -1.61. The summed E-state index contributed by atoms with van der Waals surface area (Å²) < 4.78 is 15.3. The maximum Gasteiger partial charge on any atom is 0.412 e. The van der Waals surface area contributed by atoms with Gasteiger partial charge in [0.15, 0.2) is 0 Å².